The van der Waals surface area contributed by atoms with Crippen molar-refractivity contribution in [2.24, 2.45) is 0 Å². The molecule has 0 saturated heterocycles. The molecule has 23 heavy (non-hydrogen) atoms. The number of pyridine rings is 1. The molecule has 1 amide bonds. The minimum atomic E-state index is -0.169. The van der Waals surface area contributed by atoms with E-state index < -0.39 is 0 Å². The van der Waals surface area contributed by atoms with Crippen LogP contribution in [0.1, 0.15) is 12.5 Å². The first-order valence-corrected chi connectivity index (χ1v) is 7.84. The van der Waals surface area contributed by atoms with E-state index in [1.165, 1.54) is 16.2 Å². The van der Waals surface area contributed by atoms with E-state index in [1.807, 2.05) is 6.07 Å². The maximum Gasteiger partial charge on any atom is 0.250 e. The number of hydrogen-bond acceptors (Lipinski definition) is 3. The van der Waals surface area contributed by atoms with Crippen LogP contribution in [0.15, 0.2) is 53.5 Å². The van der Waals surface area contributed by atoms with Gasteiger partial charge in [0.2, 0.25) is 5.91 Å². The van der Waals surface area contributed by atoms with Gasteiger partial charge < -0.3 is 14.8 Å². The van der Waals surface area contributed by atoms with Crippen LogP contribution < -0.4 is 15.8 Å². The number of aryl methyl sites for hydroxylation is 1. The van der Waals surface area contributed by atoms with Gasteiger partial charge in [0.15, 0.2) is 0 Å². The molecule has 1 aromatic heterocycles. The third-order valence-corrected chi connectivity index (χ3v) is 3.67. The number of aromatic nitrogens is 1. The van der Waals surface area contributed by atoms with Crippen LogP contribution in [0.25, 0.3) is 0 Å². The van der Waals surface area contributed by atoms with Crippen molar-refractivity contribution in [3.8, 4) is 0 Å². The number of likely N-dealkylation sites (N-methyl/N-ethyl adjacent to an activating group) is 1. The Morgan fingerprint density at radius 3 is 2.74 bits per heavy atom. The molecule has 0 aliphatic heterocycles. The fourth-order valence-electron chi connectivity index (χ4n) is 2.43. The maximum atomic E-state index is 11.9. The maximum absolute atomic E-state index is 11.9. The van der Waals surface area contributed by atoms with Gasteiger partial charge in [0.25, 0.3) is 5.56 Å². The number of amides is 1. The van der Waals surface area contributed by atoms with Crippen LogP contribution in [-0.2, 0) is 11.3 Å². The molecule has 122 valence electrons. The Morgan fingerprint density at radius 2 is 2.04 bits per heavy atom. The lowest BCUT2D eigenvalue weighted by Gasteiger charge is -2.23. The first-order chi connectivity index (χ1) is 11.1. The molecule has 2 aromatic rings. The summed E-state index contributed by atoms with van der Waals surface area (Å²) in [7, 11) is 0. The lowest BCUT2D eigenvalue weighted by molar-refractivity contribution is -0.121. The van der Waals surface area contributed by atoms with Crippen LogP contribution in [-0.4, -0.2) is 30.1 Å². The van der Waals surface area contributed by atoms with Crippen molar-refractivity contribution in [2.45, 2.75) is 20.4 Å². The highest BCUT2D eigenvalue weighted by Crippen LogP contribution is 2.14. The zero-order valence-electron chi connectivity index (χ0n) is 13.7. The van der Waals surface area contributed by atoms with E-state index in [1.54, 1.807) is 18.3 Å². The summed E-state index contributed by atoms with van der Waals surface area (Å²) >= 11 is 0. The van der Waals surface area contributed by atoms with Gasteiger partial charge in [-0.25, -0.2) is 0 Å². The normalized spacial score (nSPS) is 10.3. The van der Waals surface area contributed by atoms with Gasteiger partial charge in [0.05, 0.1) is 0 Å². The van der Waals surface area contributed by atoms with Crippen molar-refractivity contribution in [1.29, 1.82) is 0 Å². The molecule has 0 atom stereocenters. The standard InChI is InChI=1S/C18H23N3O2/c1-3-20(16-8-6-7-15(2)13-16)12-10-19-17(22)14-21-11-5-4-9-18(21)23/h4-9,11,13H,3,10,12,14H2,1-2H3,(H,19,22). The van der Waals surface area contributed by atoms with Gasteiger partial charge in [0, 0.05) is 37.6 Å². The van der Waals surface area contributed by atoms with Crippen molar-refractivity contribution in [3.63, 3.8) is 0 Å². The molecule has 0 saturated carbocycles. The Labute approximate surface area is 136 Å². The minimum absolute atomic E-state index is 0.0518. The molecular formula is C18H23N3O2. The van der Waals surface area contributed by atoms with Crippen LogP contribution >= 0.6 is 0 Å². The second-order valence-corrected chi connectivity index (χ2v) is 5.44. The average molecular weight is 313 g/mol. The van der Waals surface area contributed by atoms with Crippen LogP contribution in [0.4, 0.5) is 5.69 Å². The second-order valence-electron chi connectivity index (χ2n) is 5.44. The Hall–Kier alpha value is -2.56. The fourth-order valence-corrected chi connectivity index (χ4v) is 2.43. The SMILES string of the molecule is CCN(CCNC(=O)Cn1ccccc1=O)c1cccc(C)c1. The Morgan fingerprint density at radius 1 is 1.22 bits per heavy atom. The number of rotatable bonds is 7. The highest BCUT2D eigenvalue weighted by molar-refractivity contribution is 5.75. The van der Waals surface area contributed by atoms with Gasteiger partial charge in [0.1, 0.15) is 6.54 Å². The monoisotopic (exact) mass is 313 g/mol. The number of hydrogen-bond donors (Lipinski definition) is 1. The summed E-state index contributed by atoms with van der Waals surface area (Å²) in [5, 5.41) is 2.87. The highest BCUT2D eigenvalue weighted by Gasteiger charge is 2.06. The molecule has 1 aromatic carbocycles. The topological polar surface area (TPSA) is 54.3 Å². The van der Waals surface area contributed by atoms with Crippen LogP contribution in [0.5, 0.6) is 0 Å². The van der Waals surface area contributed by atoms with Crippen molar-refractivity contribution >= 4 is 11.6 Å². The lowest BCUT2D eigenvalue weighted by atomic mass is 10.2. The van der Waals surface area contributed by atoms with E-state index in [0.717, 1.165) is 18.8 Å². The quantitative estimate of drug-likeness (QED) is 0.848. The zero-order chi connectivity index (χ0) is 16.7. The molecule has 0 aliphatic carbocycles. The van der Waals surface area contributed by atoms with Gasteiger partial charge in [-0.05, 0) is 37.6 Å². The summed E-state index contributed by atoms with van der Waals surface area (Å²) < 4.78 is 1.40. The summed E-state index contributed by atoms with van der Waals surface area (Å²) in [6.45, 7) is 6.36. The Balaban J connectivity index is 1.84. The molecule has 2 rings (SSSR count). The Kier molecular flexibility index (Phi) is 5.97. The predicted molar refractivity (Wildman–Crippen MR) is 92.8 cm³/mol. The van der Waals surface area contributed by atoms with Crippen molar-refractivity contribution < 1.29 is 4.79 Å². The van der Waals surface area contributed by atoms with E-state index in [0.29, 0.717) is 6.54 Å². The third-order valence-electron chi connectivity index (χ3n) is 3.67. The molecule has 0 fully saturated rings. The summed E-state index contributed by atoms with van der Waals surface area (Å²) in [4.78, 5) is 25.7. The van der Waals surface area contributed by atoms with E-state index >= 15 is 0 Å². The molecule has 0 unspecified atom stereocenters. The van der Waals surface area contributed by atoms with E-state index in [2.05, 4.69) is 42.3 Å². The van der Waals surface area contributed by atoms with Crippen molar-refractivity contribution in [2.75, 3.05) is 24.5 Å². The van der Waals surface area contributed by atoms with E-state index in [4.69, 9.17) is 0 Å². The van der Waals surface area contributed by atoms with Gasteiger partial charge in [-0.1, -0.05) is 18.2 Å². The van der Waals surface area contributed by atoms with Gasteiger partial charge in [-0.15, -0.1) is 0 Å². The van der Waals surface area contributed by atoms with Gasteiger partial charge >= 0.3 is 0 Å². The smallest absolute Gasteiger partial charge is 0.250 e. The minimum Gasteiger partial charge on any atom is -0.370 e. The van der Waals surface area contributed by atoms with Crippen LogP contribution in [0, 0.1) is 6.92 Å². The zero-order valence-corrected chi connectivity index (χ0v) is 13.7. The predicted octanol–water partition coefficient (Wildman–Crippen LogP) is 1.80. The summed E-state index contributed by atoms with van der Waals surface area (Å²) in [5.41, 5.74) is 2.20. The summed E-state index contributed by atoms with van der Waals surface area (Å²) in [6, 6.07) is 13.2. The lowest BCUT2D eigenvalue weighted by Crippen LogP contribution is -2.37. The molecule has 0 aliphatic rings. The van der Waals surface area contributed by atoms with Gasteiger partial charge in [-0.3, -0.25) is 9.59 Å². The molecule has 1 heterocycles. The molecule has 0 spiro atoms. The van der Waals surface area contributed by atoms with Crippen LogP contribution in [0.3, 0.4) is 0 Å². The first-order valence-electron chi connectivity index (χ1n) is 7.84. The molecule has 1 N–H and O–H groups in total. The fraction of sp³-hybridized carbons (Fsp3) is 0.333. The largest absolute Gasteiger partial charge is 0.370 e. The molecule has 5 heteroatoms. The summed E-state index contributed by atoms with van der Waals surface area (Å²) in [5.74, 6) is -0.154. The molecule has 0 radical (unpaired) electrons. The number of nitrogens with zero attached hydrogens (tertiary/aromatic N) is 2. The second kappa shape index (κ2) is 8.17. The Bertz CT molecular complexity index is 709. The van der Waals surface area contributed by atoms with Crippen molar-refractivity contribution in [3.05, 3.63) is 64.6 Å². The first kappa shape index (κ1) is 16.8. The van der Waals surface area contributed by atoms with E-state index in [9.17, 15) is 9.59 Å². The van der Waals surface area contributed by atoms with Gasteiger partial charge in [-0.2, -0.15) is 0 Å². The number of anilines is 1. The van der Waals surface area contributed by atoms with Crippen LogP contribution in [0.2, 0.25) is 0 Å². The molecule has 0 bridgehead atoms. The number of carbonyl (C=O) groups excluding carboxylic acids is 1. The van der Waals surface area contributed by atoms with Crippen molar-refractivity contribution in [1.82, 2.24) is 9.88 Å². The number of benzene rings is 1. The highest BCUT2D eigenvalue weighted by atomic mass is 16.2. The summed E-state index contributed by atoms with van der Waals surface area (Å²) in [6.07, 6.45) is 1.62. The third kappa shape index (κ3) is 4.98. The molecular weight excluding hydrogens is 290 g/mol. The number of nitrogens with one attached hydrogen (secondary N) is 1. The average Bonchev–Trinajstić information content (AvgIpc) is 2.54. The molecule has 5 nitrogen and oxygen atoms in total. The van der Waals surface area contributed by atoms with E-state index in [-0.39, 0.29) is 18.0 Å². The number of carbonyl (C=O) groups is 1.